The van der Waals surface area contributed by atoms with Crippen LogP contribution in [0.1, 0.15) is 29.2 Å². The van der Waals surface area contributed by atoms with Crippen LogP contribution in [-0.4, -0.2) is 48.9 Å². The lowest BCUT2D eigenvalue weighted by molar-refractivity contribution is 0.0627. The summed E-state index contributed by atoms with van der Waals surface area (Å²) in [7, 11) is 3.96. The fourth-order valence-corrected chi connectivity index (χ4v) is 2.43. The van der Waals surface area contributed by atoms with Gasteiger partial charge in [0.25, 0.3) is 5.91 Å². The fraction of sp³-hybridized carbons (Fsp3) is 0.615. The number of nitrogens with zero attached hydrogens (tertiary/aromatic N) is 2. The van der Waals surface area contributed by atoms with Crippen LogP contribution in [0.15, 0.2) is 16.5 Å². The lowest BCUT2D eigenvalue weighted by atomic mass is 10.0. The zero-order chi connectivity index (χ0) is 13.1. The minimum Gasteiger partial charge on any atom is -0.455 e. The maximum Gasteiger partial charge on any atom is 0.289 e. The number of hydrogen-bond donors (Lipinski definition) is 0. The Morgan fingerprint density at radius 3 is 2.72 bits per heavy atom. The molecule has 1 saturated heterocycles. The van der Waals surface area contributed by atoms with Gasteiger partial charge in [-0.3, -0.25) is 4.79 Å². The molecule has 0 atom stereocenters. The first-order valence-corrected chi connectivity index (χ1v) is 6.75. The van der Waals surface area contributed by atoms with Gasteiger partial charge in [-0.25, -0.2) is 0 Å². The maximum atomic E-state index is 12.2. The molecule has 4 nitrogen and oxygen atoms in total. The third kappa shape index (κ3) is 2.87. The van der Waals surface area contributed by atoms with E-state index in [-0.39, 0.29) is 5.91 Å². The van der Waals surface area contributed by atoms with Gasteiger partial charge < -0.3 is 14.2 Å². The van der Waals surface area contributed by atoms with Gasteiger partial charge in [0.1, 0.15) is 5.76 Å². The van der Waals surface area contributed by atoms with Gasteiger partial charge in [-0.05, 0) is 45.1 Å². The Bertz CT molecular complexity index is 411. The van der Waals surface area contributed by atoms with Crippen LogP contribution in [0.4, 0.5) is 0 Å². The van der Waals surface area contributed by atoms with Crippen LogP contribution in [0.2, 0.25) is 0 Å². The van der Waals surface area contributed by atoms with Crippen molar-refractivity contribution < 1.29 is 9.21 Å². The molecule has 5 heteroatoms. The van der Waals surface area contributed by atoms with Crippen LogP contribution >= 0.6 is 11.6 Å². The molecule has 1 aliphatic heterocycles. The quantitative estimate of drug-likeness (QED) is 0.790. The maximum absolute atomic E-state index is 12.2. The van der Waals surface area contributed by atoms with Gasteiger partial charge in [-0.2, -0.15) is 0 Å². The number of carbonyl (C=O) groups excluding carboxylic acids is 1. The molecule has 0 radical (unpaired) electrons. The topological polar surface area (TPSA) is 36.7 Å². The van der Waals surface area contributed by atoms with Crippen molar-refractivity contribution in [1.82, 2.24) is 9.80 Å². The van der Waals surface area contributed by atoms with E-state index in [9.17, 15) is 4.79 Å². The molecular weight excluding hydrogens is 252 g/mol. The predicted octanol–water partition coefficient (Wildman–Crippen LogP) is 2.18. The molecule has 0 saturated carbocycles. The van der Waals surface area contributed by atoms with E-state index in [0.717, 1.165) is 25.9 Å². The van der Waals surface area contributed by atoms with Crippen LogP contribution in [-0.2, 0) is 5.88 Å². The van der Waals surface area contributed by atoms with Crippen LogP contribution in [0, 0.1) is 0 Å². The molecule has 1 aliphatic rings. The number of amides is 1. The van der Waals surface area contributed by atoms with Gasteiger partial charge in [0, 0.05) is 13.1 Å². The molecule has 18 heavy (non-hydrogen) atoms. The van der Waals surface area contributed by atoms with E-state index in [1.165, 1.54) is 0 Å². The van der Waals surface area contributed by atoms with Gasteiger partial charge in [-0.1, -0.05) is 0 Å². The van der Waals surface area contributed by atoms with Gasteiger partial charge in [0.2, 0.25) is 0 Å². The third-order valence-corrected chi connectivity index (χ3v) is 3.82. The van der Waals surface area contributed by atoms with Crippen molar-refractivity contribution in [2.45, 2.75) is 24.8 Å². The SMILES string of the molecule is CN1CCC(N(C)C(=O)c2ccc(CCl)o2)CC1. The third-order valence-electron chi connectivity index (χ3n) is 3.56. The zero-order valence-electron chi connectivity index (χ0n) is 10.9. The molecule has 0 aromatic carbocycles. The second-order valence-corrected chi connectivity index (χ2v) is 5.12. The number of rotatable bonds is 3. The molecule has 1 amide bonds. The zero-order valence-corrected chi connectivity index (χ0v) is 11.6. The molecule has 0 aliphatic carbocycles. The summed E-state index contributed by atoms with van der Waals surface area (Å²) in [5.41, 5.74) is 0. The van der Waals surface area contributed by atoms with Gasteiger partial charge in [0.15, 0.2) is 5.76 Å². The monoisotopic (exact) mass is 270 g/mol. The Labute approximate surface area is 112 Å². The van der Waals surface area contributed by atoms with E-state index in [2.05, 4.69) is 11.9 Å². The highest BCUT2D eigenvalue weighted by Gasteiger charge is 2.26. The molecule has 0 N–H and O–H groups in total. The number of carbonyl (C=O) groups is 1. The Hall–Kier alpha value is -1.00. The molecule has 0 spiro atoms. The number of halogens is 1. The minimum absolute atomic E-state index is 0.0547. The van der Waals surface area contributed by atoms with Crippen molar-refractivity contribution in [3.8, 4) is 0 Å². The van der Waals surface area contributed by atoms with Crippen LogP contribution in [0.3, 0.4) is 0 Å². The Morgan fingerprint density at radius 2 is 2.17 bits per heavy atom. The van der Waals surface area contributed by atoms with E-state index in [0.29, 0.717) is 23.4 Å². The smallest absolute Gasteiger partial charge is 0.289 e. The highest BCUT2D eigenvalue weighted by atomic mass is 35.5. The summed E-state index contributed by atoms with van der Waals surface area (Å²) in [6.45, 7) is 2.07. The summed E-state index contributed by atoms with van der Waals surface area (Å²) in [4.78, 5) is 16.3. The Balaban J connectivity index is 1.99. The number of alkyl halides is 1. The first kappa shape index (κ1) is 13.4. The van der Waals surface area contributed by atoms with Gasteiger partial charge in [0.05, 0.1) is 5.88 Å². The van der Waals surface area contributed by atoms with Gasteiger partial charge in [-0.15, -0.1) is 11.6 Å². The lowest BCUT2D eigenvalue weighted by Crippen LogP contribution is -2.44. The number of hydrogen-bond acceptors (Lipinski definition) is 3. The van der Waals surface area contributed by atoms with Crippen LogP contribution < -0.4 is 0 Å². The van der Waals surface area contributed by atoms with Crippen molar-refractivity contribution in [1.29, 1.82) is 0 Å². The molecule has 0 unspecified atom stereocenters. The first-order chi connectivity index (χ1) is 8.61. The van der Waals surface area contributed by atoms with E-state index >= 15 is 0 Å². The number of piperidine rings is 1. The normalized spacial score (nSPS) is 17.9. The predicted molar refractivity (Wildman–Crippen MR) is 70.9 cm³/mol. The van der Waals surface area contributed by atoms with Gasteiger partial charge >= 0.3 is 0 Å². The van der Waals surface area contributed by atoms with Crippen molar-refractivity contribution >= 4 is 17.5 Å². The molecule has 1 aromatic heterocycles. The number of likely N-dealkylation sites (tertiary alicyclic amines) is 1. The fourth-order valence-electron chi connectivity index (χ4n) is 2.29. The molecule has 100 valence electrons. The summed E-state index contributed by atoms with van der Waals surface area (Å²) in [6, 6.07) is 3.76. The molecule has 2 heterocycles. The number of furan rings is 1. The van der Waals surface area contributed by atoms with Crippen LogP contribution in [0.25, 0.3) is 0 Å². The largest absolute Gasteiger partial charge is 0.455 e. The second kappa shape index (κ2) is 5.76. The highest BCUT2D eigenvalue weighted by Crippen LogP contribution is 2.18. The minimum atomic E-state index is -0.0547. The van der Waals surface area contributed by atoms with E-state index in [1.807, 2.05) is 7.05 Å². The van der Waals surface area contributed by atoms with Crippen molar-refractivity contribution in [3.63, 3.8) is 0 Å². The average Bonchev–Trinajstić information content (AvgIpc) is 2.86. The van der Waals surface area contributed by atoms with Crippen LogP contribution in [0.5, 0.6) is 0 Å². The summed E-state index contributed by atoms with van der Waals surface area (Å²) < 4.78 is 5.39. The molecular formula is C13H19ClN2O2. The van der Waals surface area contributed by atoms with E-state index < -0.39 is 0 Å². The molecule has 2 rings (SSSR count). The average molecular weight is 271 g/mol. The summed E-state index contributed by atoms with van der Waals surface area (Å²) >= 11 is 5.67. The lowest BCUT2D eigenvalue weighted by Gasteiger charge is -2.34. The van der Waals surface area contributed by atoms with E-state index in [4.69, 9.17) is 16.0 Å². The van der Waals surface area contributed by atoms with Crippen molar-refractivity contribution in [2.24, 2.45) is 0 Å². The highest BCUT2D eigenvalue weighted by molar-refractivity contribution is 6.16. The first-order valence-electron chi connectivity index (χ1n) is 6.22. The standard InChI is InChI=1S/C13H19ClN2O2/c1-15-7-5-10(6-8-15)16(2)13(17)12-4-3-11(9-14)18-12/h3-4,10H,5-9H2,1-2H3. The van der Waals surface area contributed by atoms with E-state index in [1.54, 1.807) is 17.0 Å². The summed E-state index contributed by atoms with van der Waals surface area (Å²) in [5.74, 6) is 1.26. The van der Waals surface area contributed by atoms with Crippen molar-refractivity contribution in [3.05, 3.63) is 23.7 Å². The summed E-state index contributed by atoms with van der Waals surface area (Å²) in [5, 5.41) is 0. The molecule has 1 fully saturated rings. The second-order valence-electron chi connectivity index (χ2n) is 4.85. The summed E-state index contributed by atoms with van der Waals surface area (Å²) in [6.07, 6.45) is 2.03. The Morgan fingerprint density at radius 1 is 1.50 bits per heavy atom. The molecule has 1 aromatic rings. The Kier molecular flexibility index (Phi) is 4.30. The van der Waals surface area contributed by atoms with Crippen molar-refractivity contribution in [2.75, 3.05) is 27.2 Å². The molecule has 0 bridgehead atoms.